The zero-order chi connectivity index (χ0) is 21.3. The number of nitrogens with zero attached hydrogens (tertiary/aromatic N) is 1. The Hall–Kier alpha value is -3.35. The van der Waals surface area contributed by atoms with Crippen LogP contribution in [0.25, 0.3) is 0 Å². The van der Waals surface area contributed by atoms with Gasteiger partial charge in [0.2, 0.25) is 0 Å². The van der Waals surface area contributed by atoms with E-state index in [1.807, 2.05) is 30.3 Å². The van der Waals surface area contributed by atoms with Gasteiger partial charge >= 0.3 is 5.97 Å². The van der Waals surface area contributed by atoms with E-state index in [1.165, 1.54) is 12.8 Å². The van der Waals surface area contributed by atoms with Gasteiger partial charge in [-0.1, -0.05) is 18.2 Å². The predicted molar refractivity (Wildman–Crippen MR) is 115 cm³/mol. The molecule has 1 aliphatic heterocycles. The fourth-order valence-electron chi connectivity index (χ4n) is 3.33. The number of carbonyl (C=O) groups excluding carboxylic acids is 3. The summed E-state index contributed by atoms with van der Waals surface area (Å²) in [5.41, 5.74) is 2.32. The van der Waals surface area contributed by atoms with Crippen LogP contribution in [0.4, 0.5) is 11.4 Å². The first-order chi connectivity index (χ1) is 14.5. The third-order valence-electron chi connectivity index (χ3n) is 4.87. The van der Waals surface area contributed by atoms with Gasteiger partial charge in [-0.2, -0.15) is 0 Å². The van der Waals surface area contributed by atoms with Gasteiger partial charge in [0, 0.05) is 36.1 Å². The molecule has 1 heterocycles. The quantitative estimate of drug-likeness (QED) is 0.655. The summed E-state index contributed by atoms with van der Waals surface area (Å²) < 4.78 is 5.03. The summed E-state index contributed by atoms with van der Waals surface area (Å²) in [6.07, 6.45) is 2.40. The molecule has 2 aromatic rings. The Morgan fingerprint density at radius 1 is 1.00 bits per heavy atom. The van der Waals surface area contributed by atoms with E-state index in [4.69, 9.17) is 4.74 Å². The largest absolute Gasteiger partial charge is 0.455 e. The van der Waals surface area contributed by atoms with Gasteiger partial charge in [0.25, 0.3) is 11.8 Å². The number of ether oxygens (including phenoxy) is 1. The minimum Gasteiger partial charge on any atom is -0.455 e. The fraction of sp³-hybridized carbons (Fsp3) is 0.348. The molecule has 1 unspecified atom stereocenters. The van der Waals surface area contributed by atoms with Gasteiger partial charge in [-0.15, -0.1) is 0 Å². The standard InChI is InChI=1S/C23H27N3O4/c1-17(24-23(29)18-7-3-2-4-8-18)15-22(28)30-16-21(27)25-19-9-11-20(12-10-19)26-13-5-6-14-26/h2-4,7-12,17H,5-6,13-16H2,1H3,(H,24,29)(H,25,27). The van der Waals surface area contributed by atoms with Gasteiger partial charge in [0.05, 0.1) is 6.42 Å². The average Bonchev–Trinajstić information content (AvgIpc) is 3.28. The Bertz CT molecular complexity index is 862. The van der Waals surface area contributed by atoms with E-state index >= 15 is 0 Å². The lowest BCUT2D eigenvalue weighted by Gasteiger charge is -2.17. The Morgan fingerprint density at radius 3 is 2.33 bits per heavy atom. The van der Waals surface area contributed by atoms with Crippen LogP contribution in [-0.2, 0) is 14.3 Å². The van der Waals surface area contributed by atoms with Crippen LogP contribution in [0.2, 0.25) is 0 Å². The average molecular weight is 409 g/mol. The molecule has 3 rings (SSSR count). The predicted octanol–water partition coefficient (Wildman–Crippen LogP) is 2.98. The maximum absolute atomic E-state index is 12.1. The number of hydrogen-bond donors (Lipinski definition) is 2. The van der Waals surface area contributed by atoms with E-state index in [0.717, 1.165) is 18.8 Å². The molecule has 0 aliphatic carbocycles. The minimum atomic E-state index is -0.546. The van der Waals surface area contributed by atoms with Crippen LogP contribution in [0.5, 0.6) is 0 Å². The first-order valence-electron chi connectivity index (χ1n) is 10.2. The molecule has 0 radical (unpaired) electrons. The summed E-state index contributed by atoms with van der Waals surface area (Å²) >= 11 is 0. The van der Waals surface area contributed by atoms with Crippen LogP contribution >= 0.6 is 0 Å². The van der Waals surface area contributed by atoms with E-state index in [2.05, 4.69) is 15.5 Å². The maximum Gasteiger partial charge on any atom is 0.308 e. The highest BCUT2D eigenvalue weighted by Crippen LogP contribution is 2.22. The van der Waals surface area contributed by atoms with Crippen molar-refractivity contribution >= 4 is 29.2 Å². The molecule has 0 aromatic heterocycles. The smallest absolute Gasteiger partial charge is 0.308 e. The summed E-state index contributed by atoms with van der Waals surface area (Å²) in [5, 5.41) is 5.46. The van der Waals surface area contributed by atoms with Crippen molar-refractivity contribution in [1.29, 1.82) is 0 Å². The highest BCUT2D eigenvalue weighted by Gasteiger charge is 2.16. The van der Waals surface area contributed by atoms with Crippen molar-refractivity contribution in [3.8, 4) is 0 Å². The zero-order valence-corrected chi connectivity index (χ0v) is 17.1. The topological polar surface area (TPSA) is 87.7 Å². The van der Waals surface area contributed by atoms with Crippen LogP contribution in [0.1, 0.15) is 36.5 Å². The van der Waals surface area contributed by atoms with Gasteiger partial charge in [-0.25, -0.2) is 0 Å². The number of rotatable bonds is 8. The number of hydrogen-bond acceptors (Lipinski definition) is 5. The number of anilines is 2. The molecule has 0 bridgehead atoms. The van der Waals surface area contributed by atoms with Gasteiger partial charge in [0.1, 0.15) is 0 Å². The molecule has 1 atom stereocenters. The molecule has 2 aromatic carbocycles. The molecule has 0 saturated carbocycles. The maximum atomic E-state index is 12.1. The molecular weight excluding hydrogens is 382 g/mol. The monoisotopic (exact) mass is 409 g/mol. The number of nitrogens with one attached hydrogen (secondary N) is 2. The van der Waals surface area contributed by atoms with Crippen molar-refractivity contribution in [3.63, 3.8) is 0 Å². The summed E-state index contributed by atoms with van der Waals surface area (Å²) in [7, 11) is 0. The third kappa shape index (κ3) is 6.34. The van der Waals surface area contributed by atoms with E-state index < -0.39 is 17.9 Å². The lowest BCUT2D eigenvalue weighted by atomic mass is 10.2. The minimum absolute atomic E-state index is 0.0175. The highest BCUT2D eigenvalue weighted by atomic mass is 16.5. The van der Waals surface area contributed by atoms with Crippen LogP contribution in [0, 0.1) is 0 Å². The van der Waals surface area contributed by atoms with E-state index in [-0.39, 0.29) is 18.9 Å². The molecule has 1 aliphatic rings. The molecule has 158 valence electrons. The summed E-state index contributed by atoms with van der Waals surface area (Å²) in [6.45, 7) is 3.47. The van der Waals surface area contributed by atoms with E-state index in [9.17, 15) is 14.4 Å². The second-order valence-corrected chi connectivity index (χ2v) is 7.39. The zero-order valence-electron chi connectivity index (χ0n) is 17.1. The lowest BCUT2D eigenvalue weighted by molar-refractivity contribution is -0.147. The van der Waals surface area contributed by atoms with Crippen molar-refractivity contribution < 1.29 is 19.1 Å². The van der Waals surface area contributed by atoms with Crippen LogP contribution in [0.3, 0.4) is 0 Å². The summed E-state index contributed by atoms with van der Waals surface area (Å²) in [6, 6.07) is 16.0. The molecule has 1 fully saturated rings. The van der Waals surface area contributed by atoms with Crippen LogP contribution in [0.15, 0.2) is 54.6 Å². The molecule has 0 spiro atoms. The summed E-state index contributed by atoms with van der Waals surface area (Å²) in [4.78, 5) is 38.4. The molecule has 2 amide bonds. The number of amides is 2. The van der Waals surface area contributed by atoms with Crippen molar-refractivity contribution in [1.82, 2.24) is 5.32 Å². The lowest BCUT2D eigenvalue weighted by Crippen LogP contribution is -2.35. The van der Waals surface area contributed by atoms with Crippen LogP contribution in [-0.4, -0.2) is 43.5 Å². The van der Waals surface area contributed by atoms with Gasteiger partial charge < -0.3 is 20.3 Å². The fourth-order valence-corrected chi connectivity index (χ4v) is 3.33. The first kappa shape index (κ1) is 21.4. The number of carbonyl (C=O) groups is 3. The van der Waals surface area contributed by atoms with Crippen LogP contribution < -0.4 is 15.5 Å². The Kier molecular flexibility index (Phi) is 7.43. The molecule has 7 nitrogen and oxygen atoms in total. The Morgan fingerprint density at radius 2 is 1.67 bits per heavy atom. The third-order valence-corrected chi connectivity index (χ3v) is 4.87. The summed E-state index contributed by atoms with van der Waals surface area (Å²) in [5.74, 6) is -1.21. The van der Waals surface area contributed by atoms with Crippen molar-refractivity contribution in [3.05, 3.63) is 60.2 Å². The molecule has 1 saturated heterocycles. The number of esters is 1. The van der Waals surface area contributed by atoms with Crippen molar-refractivity contribution in [2.24, 2.45) is 0 Å². The van der Waals surface area contributed by atoms with E-state index in [1.54, 1.807) is 31.2 Å². The van der Waals surface area contributed by atoms with E-state index in [0.29, 0.717) is 11.3 Å². The van der Waals surface area contributed by atoms with Crippen molar-refractivity contribution in [2.45, 2.75) is 32.2 Å². The molecular formula is C23H27N3O4. The molecule has 2 N–H and O–H groups in total. The second kappa shape index (κ2) is 10.4. The first-order valence-corrected chi connectivity index (χ1v) is 10.2. The molecule has 7 heteroatoms. The molecule has 30 heavy (non-hydrogen) atoms. The van der Waals surface area contributed by atoms with Gasteiger partial charge in [-0.05, 0) is 56.2 Å². The van der Waals surface area contributed by atoms with Gasteiger partial charge in [-0.3, -0.25) is 14.4 Å². The second-order valence-electron chi connectivity index (χ2n) is 7.39. The highest BCUT2D eigenvalue weighted by molar-refractivity contribution is 5.95. The Labute approximate surface area is 176 Å². The Balaban J connectivity index is 1.37. The van der Waals surface area contributed by atoms with Crippen molar-refractivity contribution in [2.75, 3.05) is 29.9 Å². The number of benzene rings is 2. The SMILES string of the molecule is CC(CC(=O)OCC(=O)Nc1ccc(N2CCCC2)cc1)NC(=O)c1ccccc1. The normalized spacial score (nSPS) is 14.1. The van der Waals surface area contributed by atoms with Gasteiger partial charge in [0.15, 0.2) is 6.61 Å².